The zero-order valence-electron chi connectivity index (χ0n) is 53.8. The maximum Gasteiger partial charge on any atom is 0.251 e. The third-order valence-corrected chi connectivity index (χ3v) is 19.4. The predicted molar refractivity (Wildman–Crippen MR) is 364 cm³/mol. The minimum absolute atomic E-state index is 0. The predicted octanol–water partition coefficient (Wildman–Crippen LogP) is -0.431. The van der Waals surface area contributed by atoms with Crippen molar-refractivity contribution in [2.24, 2.45) is 23.3 Å². The van der Waals surface area contributed by atoms with E-state index in [1.807, 2.05) is 12.1 Å². The number of nitrogens with two attached hydrogens (primary N) is 2. The lowest BCUT2D eigenvalue weighted by atomic mass is 9.86. The lowest BCUT2D eigenvalue weighted by Crippen LogP contribution is -2.64. The van der Waals surface area contributed by atoms with Gasteiger partial charge < -0.3 is 93.2 Å². The number of piperazine rings is 1. The van der Waals surface area contributed by atoms with Crippen LogP contribution in [-0.2, 0) is 35.2 Å². The first-order chi connectivity index (χ1) is 44.5. The molecular weight excluding hydrogens is 1330 g/mol. The van der Waals surface area contributed by atoms with E-state index >= 15 is 0 Å². The number of phenolic OH excluding ortho intramolecular Hbond substituents is 1. The fourth-order valence-corrected chi connectivity index (χ4v) is 13.8. The van der Waals surface area contributed by atoms with E-state index in [0.29, 0.717) is 28.0 Å². The highest BCUT2D eigenvalue weighted by atomic mass is 35.5. The van der Waals surface area contributed by atoms with Crippen molar-refractivity contribution in [2.45, 2.75) is 157 Å². The smallest absolute Gasteiger partial charge is 0.251 e. The van der Waals surface area contributed by atoms with Gasteiger partial charge in [-0.2, -0.15) is 0 Å². The van der Waals surface area contributed by atoms with Gasteiger partial charge in [-0.3, -0.25) is 38.5 Å². The maximum atomic E-state index is 14.8. The molecule has 9 rings (SSSR count). The number of aliphatic hydroxyl groups is 6. The molecule has 4 aliphatic heterocycles. The molecule has 3 aromatic carbocycles. The molecule has 7 amide bonds. The van der Waals surface area contributed by atoms with E-state index in [-0.39, 0.29) is 92.5 Å². The van der Waals surface area contributed by atoms with E-state index < -0.39 is 152 Å². The highest BCUT2D eigenvalue weighted by molar-refractivity contribution is 7.17. The molecule has 5 fully saturated rings. The van der Waals surface area contributed by atoms with Crippen LogP contribution in [0.15, 0.2) is 66.7 Å². The molecule has 96 heavy (non-hydrogen) atoms. The molecule has 1 saturated carbocycles. The number of ether oxygens (including phenoxy) is 1. The Balaban J connectivity index is 0.00000486. The van der Waals surface area contributed by atoms with E-state index in [1.54, 1.807) is 19.1 Å². The van der Waals surface area contributed by atoms with Gasteiger partial charge >= 0.3 is 0 Å². The van der Waals surface area contributed by atoms with Crippen LogP contribution < -0.4 is 47.7 Å². The number of carbonyl (C=O) groups excluding carboxylic acids is 7. The van der Waals surface area contributed by atoms with Crippen LogP contribution in [0.4, 0.5) is 5.69 Å². The van der Waals surface area contributed by atoms with Crippen LogP contribution in [0.25, 0.3) is 21.1 Å². The number of benzene rings is 3. The number of aromatic hydroxyl groups is 1. The molecule has 0 unspecified atom stereocenters. The van der Waals surface area contributed by atoms with E-state index in [0.717, 1.165) is 60.1 Å². The third-order valence-electron chi connectivity index (χ3n) is 18.4. The summed E-state index contributed by atoms with van der Waals surface area (Å²) in [5, 5.41) is 102. The summed E-state index contributed by atoms with van der Waals surface area (Å²) in [4.78, 5) is 109. The van der Waals surface area contributed by atoms with Crippen molar-refractivity contribution in [2.75, 3.05) is 70.4 Å². The van der Waals surface area contributed by atoms with Gasteiger partial charge in [0.1, 0.15) is 46.3 Å². The Morgan fingerprint density at radius 2 is 1.32 bits per heavy atom. The summed E-state index contributed by atoms with van der Waals surface area (Å²) >= 11 is 1.36. The Hall–Kier alpha value is -6.58. The second kappa shape index (κ2) is 35.8. The van der Waals surface area contributed by atoms with Crippen LogP contribution in [0, 0.1) is 11.8 Å². The lowest BCUT2D eigenvalue weighted by molar-refractivity contribution is -0.147. The lowest BCUT2D eigenvalue weighted by Gasteiger charge is -2.42. The molecule has 0 spiro atoms. The van der Waals surface area contributed by atoms with E-state index in [1.165, 1.54) is 67.4 Å². The van der Waals surface area contributed by atoms with Gasteiger partial charge in [-0.1, -0.05) is 43.4 Å². The van der Waals surface area contributed by atoms with Crippen LogP contribution in [0.3, 0.4) is 0 Å². The molecule has 32 heteroatoms. The number of phenols is 1. The summed E-state index contributed by atoms with van der Waals surface area (Å²) in [6.07, 6.45) is -6.23. The highest BCUT2D eigenvalue weighted by Gasteiger charge is 2.50. The number of aliphatic hydroxyl groups excluding tert-OH is 6. The number of rotatable bonds is 17. The molecule has 4 saturated heterocycles. The monoisotopic (exact) mass is 1420 g/mol. The average molecular weight is 1420 g/mol. The molecule has 13 atom stereocenters. The van der Waals surface area contributed by atoms with Gasteiger partial charge in [0.15, 0.2) is 11.5 Å². The minimum atomic E-state index is -2.04. The standard InChI is InChI=1S/C64H89N13O15S.3ClH/c1-34-5-14-41(15-6-34)74-22-24-75(25-23-74)42-16-12-40(13-17-42)62-73-72-61(93-62)39-10-8-38(9-11-39)56(85)68-45-29-43(79)31-67-60(89)54-55(84)35(2)32-77(54)64(91)53(48(82)19-21-66)71-59(88)52(49(83)27-37-7-18-47(81)50(28-37)92-26-4-20-65)70-58(87)46-30-44(80)33-76(46)63(90)51(36(3)78)69-57(45)86;;;/h7-13,16-18,28,34-36,41,43-46,48-49,51-55,78-84H,4-6,14-15,19-27,29-33,65-66H2,1-3H3,(H,67,89)(H,68,85)(H,69,86)(H,70,87)(H,71,88);3*1H/t34?,35-,36+,41?,43+,44+,45-,46-,48+,49+,51-,52-,53-,54-,55-;;;/m0.../s1. The van der Waals surface area contributed by atoms with Gasteiger partial charge in [-0.05, 0) is 119 Å². The van der Waals surface area contributed by atoms with Crippen LogP contribution in [0.1, 0.15) is 88.1 Å². The van der Waals surface area contributed by atoms with Crippen LogP contribution in [0.5, 0.6) is 11.5 Å². The number of hydrogen-bond donors (Lipinski definition) is 14. The van der Waals surface area contributed by atoms with Crippen LogP contribution >= 0.6 is 48.6 Å². The molecule has 4 aromatic rings. The summed E-state index contributed by atoms with van der Waals surface area (Å²) in [6.45, 7) is 7.77. The van der Waals surface area contributed by atoms with Gasteiger partial charge in [0, 0.05) is 99.4 Å². The van der Waals surface area contributed by atoms with E-state index in [9.17, 15) is 69.3 Å². The average Bonchev–Trinajstić information content (AvgIpc) is 1.57. The van der Waals surface area contributed by atoms with E-state index in [2.05, 4.69) is 65.6 Å². The molecule has 1 aliphatic carbocycles. The third kappa shape index (κ3) is 19.2. The Bertz CT molecular complexity index is 3260. The summed E-state index contributed by atoms with van der Waals surface area (Å²) in [5.41, 5.74) is 14.4. The number of nitrogens with one attached hydrogen (secondary N) is 5. The van der Waals surface area contributed by atoms with Crippen molar-refractivity contribution in [3.05, 3.63) is 77.9 Å². The molecular formula is C64H92Cl3N13O15S. The fraction of sp³-hybridized carbons (Fsp3) is 0.578. The molecule has 28 nitrogen and oxygen atoms in total. The van der Waals surface area contributed by atoms with Crippen molar-refractivity contribution in [3.8, 4) is 32.6 Å². The molecule has 16 N–H and O–H groups in total. The van der Waals surface area contributed by atoms with Crippen molar-refractivity contribution >= 4 is 95.6 Å². The second-order valence-corrected chi connectivity index (χ2v) is 26.3. The number of β-amino-alcohol motifs (C(OH)–C–C–N with tert-alkyl or cyclic N) is 1. The Labute approximate surface area is 579 Å². The Kier molecular flexibility index (Phi) is 29.2. The summed E-state index contributed by atoms with van der Waals surface area (Å²) in [5.74, 6) is -7.72. The second-order valence-electron chi connectivity index (χ2n) is 25.3. The number of aromatic nitrogens is 2. The number of anilines is 1. The van der Waals surface area contributed by atoms with Gasteiger partial charge in [-0.25, -0.2) is 0 Å². The Morgan fingerprint density at radius 1 is 0.708 bits per heavy atom. The number of nitrogens with zero attached hydrogens (tertiary/aromatic N) is 6. The zero-order chi connectivity index (χ0) is 66.8. The Morgan fingerprint density at radius 3 is 1.95 bits per heavy atom. The summed E-state index contributed by atoms with van der Waals surface area (Å²) < 4.78 is 5.66. The molecule has 5 heterocycles. The first-order valence-corrected chi connectivity index (χ1v) is 32.9. The molecule has 5 aliphatic rings. The minimum Gasteiger partial charge on any atom is -0.504 e. The van der Waals surface area contributed by atoms with Crippen molar-refractivity contribution in [3.63, 3.8) is 0 Å². The molecule has 0 radical (unpaired) electrons. The first kappa shape index (κ1) is 78.4. The molecule has 0 bridgehead atoms. The summed E-state index contributed by atoms with van der Waals surface area (Å²) in [6, 6.07) is 8.34. The van der Waals surface area contributed by atoms with Gasteiger partial charge in [-0.15, -0.1) is 47.4 Å². The number of amides is 7. The number of hydrogen-bond acceptors (Lipinski definition) is 22. The normalized spacial score (nSPS) is 27.5. The SMILES string of the molecule is CC1CCC(N2CCN(c3ccc(-c4nnc(-c5ccc(C(=O)N[C@H]6C[C@@H](O)CNC(=O)[C@@H]7[C@@H](O)[C@@H](C)CN7C(=O)[C@H]([C@H](O)CCN)NC(=O)[C@H]([C@H](O)Cc7ccc(O)c(OCCCN)c7)NC(=O)[C@@H]7C[C@@H](O)CN7C(=O)[C@H]([C@@H](C)O)NC6=O)cc5)s4)cc3)CC2)CC1.Cl.Cl.Cl. The quantitative estimate of drug-likeness (QED) is 0.0596. The fourth-order valence-electron chi connectivity index (χ4n) is 12.9. The van der Waals surface area contributed by atoms with Gasteiger partial charge in [0.25, 0.3) is 5.91 Å². The highest BCUT2D eigenvalue weighted by Crippen LogP contribution is 2.34. The summed E-state index contributed by atoms with van der Waals surface area (Å²) in [7, 11) is 0. The van der Waals surface area contributed by atoms with Gasteiger partial charge in [0.2, 0.25) is 35.4 Å². The maximum absolute atomic E-state index is 14.8. The van der Waals surface area contributed by atoms with E-state index in [4.69, 9.17) is 16.2 Å². The van der Waals surface area contributed by atoms with Crippen molar-refractivity contribution in [1.29, 1.82) is 0 Å². The van der Waals surface area contributed by atoms with Crippen molar-refractivity contribution in [1.82, 2.24) is 51.5 Å². The van der Waals surface area contributed by atoms with Gasteiger partial charge in [0.05, 0.1) is 43.2 Å². The largest absolute Gasteiger partial charge is 0.504 e. The molecule has 530 valence electrons. The first-order valence-electron chi connectivity index (χ1n) is 32.1. The number of fused-ring (bicyclic) bond motifs is 2. The topological polar surface area (TPSA) is 421 Å². The van der Waals surface area contributed by atoms with Crippen molar-refractivity contribution < 1.29 is 74.0 Å². The number of carbonyl (C=O) groups is 7. The van der Waals surface area contributed by atoms with Crippen LogP contribution in [-0.4, -0.2) is 246 Å². The zero-order valence-corrected chi connectivity index (χ0v) is 57.1. The number of halogens is 3. The van der Waals surface area contributed by atoms with Crippen LogP contribution in [0.2, 0.25) is 0 Å². The molecule has 1 aromatic heterocycles.